The van der Waals surface area contributed by atoms with E-state index in [1.807, 2.05) is 18.2 Å². The van der Waals surface area contributed by atoms with Crippen LogP contribution in [0.25, 0.3) is 0 Å². The van der Waals surface area contributed by atoms with Crippen molar-refractivity contribution in [3.63, 3.8) is 0 Å². The molecule has 0 radical (unpaired) electrons. The predicted octanol–water partition coefficient (Wildman–Crippen LogP) is 1.30. The molecule has 2 fully saturated rings. The van der Waals surface area contributed by atoms with E-state index < -0.39 is 33.2 Å². The van der Waals surface area contributed by atoms with Gasteiger partial charge in [0.05, 0.1) is 23.0 Å². The van der Waals surface area contributed by atoms with Crippen LogP contribution >= 0.6 is 15.9 Å². The molecule has 114 valence electrons. The molecule has 1 amide bonds. The van der Waals surface area contributed by atoms with Crippen molar-refractivity contribution in [1.82, 2.24) is 5.32 Å². The fourth-order valence-corrected chi connectivity index (χ4v) is 4.67. The molecule has 7 heteroatoms. The zero-order valence-electron chi connectivity index (χ0n) is 11.8. The van der Waals surface area contributed by atoms with E-state index in [9.17, 15) is 25.7 Å². The number of aliphatic hydroxyl groups is 1. The van der Waals surface area contributed by atoms with Crippen molar-refractivity contribution in [3.05, 3.63) is 35.9 Å². The highest BCUT2D eigenvalue weighted by Crippen LogP contribution is 2.63. The Labute approximate surface area is 141 Å². The van der Waals surface area contributed by atoms with Crippen LogP contribution in [0.3, 0.4) is 0 Å². The topological polar surface area (TPSA) is 121 Å². The van der Waals surface area contributed by atoms with E-state index in [4.69, 9.17) is 0 Å². The Bertz CT molecular complexity index is 792. The second-order valence-electron chi connectivity index (χ2n) is 5.89. The van der Waals surface area contributed by atoms with Gasteiger partial charge in [0, 0.05) is 12.3 Å². The first-order valence-corrected chi connectivity index (χ1v) is 7.80. The van der Waals surface area contributed by atoms with Crippen LogP contribution in [0, 0.1) is 44.8 Å². The van der Waals surface area contributed by atoms with Gasteiger partial charge in [-0.15, -0.1) is 0 Å². The number of benzene rings is 1. The second-order valence-corrected chi connectivity index (χ2v) is 6.88. The molecule has 1 aromatic carbocycles. The Morgan fingerprint density at radius 2 is 1.78 bits per heavy atom. The van der Waals surface area contributed by atoms with Gasteiger partial charge >= 0.3 is 0 Å². The van der Waals surface area contributed by atoms with Gasteiger partial charge in [-0.3, -0.25) is 4.79 Å². The Morgan fingerprint density at radius 1 is 1.17 bits per heavy atom. The zero-order valence-corrected chi connectivity index (χ0v) is 13.4. The molecule has 0 aromatic heterocycles. The van der Waals surface area contributed by atoms with Crippen LogP contribution in [0.4, 0.5) is 0 Å². The summed E-state index contributed by atoms with van der Waals surface area (Å²) in [5.74, 6) is -1.63. The third-order valence-corrected chi connectivity index (χ3v) is 6.13. The molecule has 1 aliphatic heterocycles. The fourth-order valence-electron chi connectivity index (χ4n) is 3.69. The summed E-state index contributed by atoms with van der Waals surface area (Å²) in [7, 11) is 0. The summed E-state index contributed by atoms with van der Waals surface area (Å²) in [6.07, 6.45) is -0.310. The third kappa shape index (κ3) is 1.65. The van der Waals surface area contributed by atoms with E-state index in [-0.39, 0.29) is 6.42 Å². The SMILES string of the molecule is N#CC1(C#N)[C@H](c2ccccc2)[C@H](Br)[C@@]2(O)C[C@]1(C#N)C(=O)N2. The van der Waals surface area contributed by atoms with Crippen LogP contribution in [-0.2, 0) is 4.79 Å². The zero-order chi connectivity index (χ0) is 16.9. The lowest BCUT2D eigenvalue weighted by Crippen LogP contribution is -2.58. The standard InChI is InChI=1S/C16H11BrN4O2/c17-12-11(10-4-2-1-3-5-10)15(8-19,9-20)14(7-18)6-16(12,23)21-13(14)22/h1-5,11-12,23H,6H2,(H,21,22)/t11-,12+,14+,16+/m1/s1. The summed E-state index contributed by atoms with van der Waals surface area (Å²) >= 11 is 3.36. The Morgan fingerprint density at radius 3 is 2.30 bits per heavy atom. The number of halogens is 1. The maximum atomic E-state index is 12.5. The first kappa shape index (κ1) is 15.5. The number of hydrogen-bond donors (Lipinski definition) is 2. The molecule has 3 rings (SSSR count). The van der Waals surface area contributed by atoms with Gasteiger partial charge in [0.25, 0.3) is 0 Å². The van der Waals surface area contributed by atoms with Crippen molar-refractivity contribution >= 4 is 21.8 Å². The Kier molecular flexibility index (Phi) is 3.23. The van der Waals surface area contributed by atoms with Gasteiger partial charge in [0.15, 0.2) is 16.6 Å². The number of nitrogens with one attached hydrogen (secondary N) is 1. The number of carbonyl (C=O) groups is 1. The fraction of sp³-hybridized carbons (Fsp3) is 0.375. The number of nitrogens with zero attached hydrogens (tertiary/aromatic N) is 3. The number of nitriles is 3. The minimum Gasteiger partial charge on any atom is -0.370 e. The predicted molar refractivity (Wildman–Crippen MR) is 81.3 cm³/mol. The number of amides is 1. The van der Waals surface area contributed by atoms with Crippen LogP contribution in [0.2, 0.25) is 0 Å². The van der Waals surface area contributed by atoms with E-state index in [2.05, 4.69) is 21.2 Å². The summed E-state index contributed by atoms with van der Waals surface area (Å²) < 4.78 is 0. The molecule has 2 N–H and O–H groups in total. The maximum absolute atomic E-state index is 12.5. The molecule has 1 saturated carbocycles. The quantitative estimate of drug-likeness (QED) is 0.721. The molecular weight excluding hydrogens is 360 g/mol. The lowest BCUT2D eigenvalue weighted by atomic mass is 9.51. The van der Waals surface area contributed by atoms with Crippen molar-refractivity contribution in [2.75, 3.05) is 0 Å². The summed E-state index contributed by atoms with van der Waals surface area (Å²) in [4.78, 5) is 11.7. The number of carbonyl (C=O) groups excluding carboxylic acids is 1. The van der Waals surface area contributed by atoms with Crippen molar-refractivity contribution < 1.29 is 9.90 Å². The smallest absolute Gasteiger partial charge is 0.245 e. The number of hydrogen-bond acceptors (Lipinski definition) is 5. The molecule has 1 aliphatic carbocycles. The maximum Gasteiger partial charge on any atom is 0.245 e. The molecule has 23 heavy (non-hydrogen) atoms. The molecule has 4 atom stereocenters. The van der Waals surface area contributed by atoms with Gasteiger partial charge in [-0.1, -0.05) is 46.3 Å². The van der Waals surface area contributed by atoms with Gasteiger partial charge in [-0.05, 0) is 5.56 Å². The Hall–Kier alpha value is -2.40. The number of rotatable bonds is 1. The highest BCUT2D eigenvalue weighted by molar-refractivity contribution is 9.09. The number of fused-ring (bicyclic) bond motifs is 2. The molecule has 1 saturated heterocycles. The van der Waals surface area contributed by atoms with Gasteiger partial charge in [-0.25, -0.2) is 0 Å². The average molecular weight is 371 g/mol. The van der Waals surface area contributed by atoms with Crippen LogP contribution in [0.5, 0.6) is 0 Å². The molecule has 2 bridgehead atoms. The van der Waals surface area contributed by atoms with Crippen molar-refractivity contribution in [2.24, 2.45) is 10.8 Å². The van der Waals surface area contributed by atoms with Gasteiger partial charge < -0.3 is 10.4 Å². The molecular formula is C16H11BrN4O2. The molecule has 0 spiro atoms. The molecule has 6 nitrogen and oxygen atoms in total. The monoisotopic (exact) mass is 370 g/mol. The van der Waals surface area contributed by atoms with E-state index in [0.29, 0.717) is 5.56 Å². The van der Waals surface area contributed by atoms with E-state index in [1.54, 1.807) is 30.3 Å². The highest BCUT2D eigenvalue weighted by Gasteiger charge is 2.76. The lowest BCUT2D eigenvalue weighted by molar-refractivity contribution is -0.128. The highest BCUT2D eigenvalue weighted by atomic mass is 79.9. The molecule has 1 heterocycles. The second kappa shape index (κ2) is 4.80. The molecule has 2 aliphatic rings. The van der Waals surface area contributed by atoms with Gasteiger partial charge in [0.2, 0.25) is 5.91 Å². The van der Waals surface area contributed by atoms with Crippen molar-refractivity contribution in [3.8, 4) is 18.2 Å². The first-order valence-electron chi connectivity index (χ1n) is 6.88. The van der Waals surface area contributed by atoms with E-state index >= 15 is 0 Å². The molecule has 1 aromatic rings. The van der Waals surface area contributed by atoms with Gasteiger partial charge in [-0.2, -0.15) is 15.8 Å². The van der Waals surface area contributed by atoms with Crippen LogP contribution in [-0.4, -0.2) is 21.6 Å². The normalized spacial score (nSPS) is 37.1. The van der Waals surface area contributed by atoms with Crippen molar-refractivity contribution in [2.45, 2.75) is 22.9 Å². The number of alkyl halides is 1. The third-order valence-electron chi connectivity index (χ3n) is 4.84. The Balaban J connectivity index is 2.35. The minimum absolute atomic E-state index is 0.310. The minimum atomic E-state index is -1.92. The van der Waals surface area contributed by atoms with Gasteiger partial charge in [0.1, 0.15) is 0 Å². The summed E-state index contributed by atoms with van der Waals surface area (Å²) in [6, 6.07) is 14.4. The van der Waals surface area contributed by atoms with Crippen LogP contribution in [0.15, 0.2) is 30.3 Å². The summed E-state index contributed by atoms with van der Waals surface area (Å²) in [5, 5.41) is 42.4. The largest absolute Gasteiger partial charge is 0.370 e. The average Bonchev–Trinajstić information content (AvgIpc) is 2.82. The summed E-state index contributed by atoms with van der Waals surface area (Å²) in [6.45, 7) is 0. The van der Waals surface area contributed by atoms with Crippen LogP contribution in [0.1, 0.15) is 17.9 Å². The summed E-state index contributed by atoms with van der Waals surface area (Å²) in [5.41, 5.74) is -4.92. The van der Waals surface area contributed by atoms with Crippen LogP contribution < -0.4 is 5.32 Å². The molecule has 0 unspecified atom stereocenters. The lowest BCUT2D eigenvalue weighted by Gasteiger charge is -2.47. The first-order chi connectivity index (χ1) is 10.9. The van der Waals surface area contributed by atoms with E-state index in [1.165, 1.54) is 0 Å². The van der Waals surface area contributed by atoms with E-state index in [0.717, 1.165) is 0 Å². The van der Waals surface area contributed by atoms with Crippen molar-refractivity contribution in [1.29, 1.82) is 15.8 Å².